The van der Waals surface area contributed by atoms with Gasteiger partial charge in [-0.25, -0.2) is 0 Å². The molecule has 6 nitrogen and oxygen atoms in total. The van der Waals surface area contributed by atoms with Gasteiger partial charge in [-0.2, -0.15) is 0 Å². The number of carbonyl (C=O) groups is 1. The average Bonchev–Trinajstić information content (AvgIpc) is 2.73. The van der Waals surface area contributed by atoms with E-state index in [1.807, 2.05) is 6.92 Å². The van der Waals surface area contributed by atoms with Gasteiger partial charge in [-0.15, -0.1) is 0 Å². The standard InChI is InChI=1S/C11H17N3O3/c1-7(6-10(12)13-16)14(3)11(15)9-5-4-8(2)17-9/h4-5,7,16H,6H2,1-3H3,(H2,12,13). The average molecular weight is 239 g/mol. The van der Waals surface area contributed by atoms with Crippen LogP contribution in [0.4, 0.5) is 0 Å². The highest BCUT2D eigenvalue weighted by atomic mass is 16.4. The third kappa shape index (κ3) is 3.24. The van der Waals surface area contributed by atoms with Gasteiger partial charge in [0, 0.05) is 19.5 Å². The fourth-order valence-electron chi connectivity index (χ4n) is 1.40. The molecule has 0 aliphatic rings. The van der Waals surface area contributed by atoms with Gasteiger partial charge in [0.25, 0.3) is 5.91 Å². The molecule has 6 heteroatoms. The van der Waals surface area contributed by atoms with Crippen molar-refractivity contribution in [1.82, 2.24) is 4.90 Å². The summed E-state index contributed by atoms with van der Waals surface area (Å²) in [6.45, 7) is 3.59. The molecule has 1 aromatic heterocycles. The van der Waals surface area contributed by atoms with E-state index in [9.17, 15) is 4.79 Å². The highest BCUT2D eigenvalue weighted by molar-refractivity contribution is 5.92. The molecule has 0 fully saturated rings. The van der Waals surface area contributed by atoms with Gasteiger partial charge in [-0.3, -0.25) is 4.79 Å². The molecule has 1 heterocycles. The molecule has 0 radical (unpaired) electrons. The molecule has 1 rings (SSSR count). The summed E-state index contributed by atoms with van der Waals surface area (Å²) in [4.78, 5) is 13.5. The molecule has 94 valence electrons. The number of hydrogen-bond acceptors (Lipinski definition) is 4. The van der Waals surface area contributed by atoms with E-state index in [4.69, 9.17) is 15.4 Å². The number of carbonyl (C=O) groups excluding carboxylic acids is 1. The summed E-state index contributed by atoms with van der Waals surface area (Å²) in [5, 5.41) is 11.3. The van der Waals surface area contributed by atoms with Crippen LogP contribution < -0.4 is 5.73 Å². The Hall–Kier alpha value is -1.98. The van der Waals surface area contributed by atoms with Crippen molar-refractivity contribution in [2.45, 2.75) is 26.3 Å². The predicted octanol–water partition coefficient (Wildman–Crippen LogP) is 1.19. The molecule has 0 saturated carbocycles. The van der Waals surface area contributed by atoms with Crippen LogP contribution in [-0.2, 0) is 0 Å². The van der Waals surface area contributed by atoms with Crippen LogP contribution in [0.2, 0.25) is 0 Å². The molecule has 1 atom stereocenters. The van der Waals surface area contributed by atoms with E-state index in [2.05, 4.69) is 5.16 Å². The van der Waals surface area contributed by atoms with E-state index in [1.54, 1.807) is 26.1 Å². The summed E-state index contributed by atoms with van der Waals surface area (Å²) in [6.07, 6.45) is 0.304. The van der Waals surface area contributed by atoms with Crippen LogP contribution in [0.15, 0.2) is 21.7 Å². The first-order chi connectivity index (χ1) is 7.95. The molecule has 0 bridgehead atoms. The van der Waals surface area contributed by atoms with E-state index in [0.29, 0.717) is 12.2 Å². The number of amidine groups is 1. The Balaban J connectivity index is 2.69. The lowest BCUT2D eigenvalue weighted by Gasteiger charge is -2.23. The number of aryl methyl sites for hydroxylation is 1. The zero-order chi connectivity index (χ0) is 13.0. The molecule has 0 spiro atoms. The second-order valence-corrected chi connectivity index (χ2v) is 3.97. The van der Waals surface area contributed by atoms with Crippen molar-refractivity contribution in [1.29, 1.82) is 0 Å². The minimum Gasteiger partial charge on any atom is -0.456 e. The van der Waals surface area contributed by atoms with E-state index in [-0.39, 0.29) is 23.5 Å². The van der Waals surface area contributed by atoms with Gasteiger partial charge in [0.15, 0.2) is 5.76 Å². The Bertz CT molecular complexity index is 425. The molecule has 0 aliphatic heterocycles. The van der Waals surface area contributed by atoms with Gasteiger partial charge in [0.1, 0.15) is 11.6 Å². The van der Waals surface area contributed by atoms with Gasteiger partial charge in [0.05, 0.1) is 0 Å². The van der Waals surface area contributed by atoms with Crippen molar-refractivity contribution in [3.05, 3.63) is 23.7 Å². The van der Waals surface area contributed by atoms with Crippen molar-refractivity contribution in [2.75, 3.05) is 7.05 Å². The molecule has 1 aromatic rings. The number of amides is 1. The largest absolute Gasteiger partial charge is 0.456 e. The quantitative estimate of drug-likeness (QED) is 0.357. The Labute approximate surface area is 99.7 Å². The summed E-state index contributed by atoms with van der Waals surface area (Å²) in [7, 11) is 1.65. The highest BCUT2D eigenvalue weighted by Crippen LogP contribution is 2.11. The number of nitrogens with two attached hydrogens (primary N) is 1. The SMILES string of the molecule is Cc1ccc(C(=O)N(C)C(C)C/C(N)=N/O)o1. The number of rotatable bonds is 4. The molecule has 3 N–H and O–H groups in total. The Morgan fingerprint density at radius 3 is 2.76 bits per heavy atom. The monoisotopic (exact) mass is 239 g/mol. The molecule has 0 aliphatic carbocycles. The summed E-state index contributed by atoms with van der Waals surface area (Å²) >= 11 is 0. The highest BCUT2D eigenvalue weighted by Gasteiger charge is 2.20. The van der Waals surface area contributed by atoms with Crippen LogP contribution >= 0.6 is 0 Å². The van der Waals surface area contributed by atoms with Gasteiger partial charge >= 0.3 is 0 Å². The molecular weight excluding hydrogens is 222 g/mol. The predicted molar refractivity (Wildman–Crippen MR) is 63.0 cm³/mol. The third-order valence-corrected chi connectivity index (χ3v) is 2.57. The first-order valence-corrected chi connectivity index (χ1v) is 5.25. The van der Waals surface area contributed by atoms with Crippen molar-refractivity contribution >= 4 is 11.7 Å². The molecule has 1 amide bonds. The zero-order valence-corrected chi connectivity index (χ0v) is 10.2. The Morgan fingerprint density at radius 1 is 1.65 bits per heavy atom. The van der Waals surface area contributed by atoms with E-state index < -0.39 is 0 Å². The molecule has 0 aromatic carbocycles. The maximum absolute atomic E-state index is 12.0. The minimum atomic E-state index is -0.226. The number of hydrogen-bond donors (Lipinski definition) is 2. The van der Waals surface area contributed by atoms with Crippen LogP contribution in [-0.4, -0.2) is 34.9 Å². The second-order valence-electron chi connectivity index (χ2n) is 3.97. The van der Waals surface area contributed by atoms with E-state index in [0.717, 1.165) is 0 Å². The zero-order valence-electron chi connectivity index (χ0n) is 10.2. The minimum absolute atomic E-state index is 0.0905. The van der Waals surface area contributed by atoms with Crippen LogP contribution in [0, 0.1) is 6.92 Å². The molecular formula is C11H17N3O3. The van der Waals surface area contributed by atoms with Gasteiger partial charge in [-0.1, -0.05) is 5.16 Å². The van der Waals surface area contributed by atoms with E-state index >= 15 is 0 Å². The number of oxime groups is 1. The lowest BCUT2D eigenvalue weighted by Crippen LogP contribution is -2.37. The first kappa shape index (κ1) is 13.1. The van der Waals surface area contributed by atoms with Crippen LogP contribution in [0.3, 0.4) is 0 Å². The van der Waals surface area contributed by atoms with Gasteiger partial charge < -0.3 is 20.3 Å². The normalized spacial score (nSPS) is 13.5. The maximum Gasteiger partial charge on any atom is 0.289 e. The smallest absolute Gasteiger partial charge is 0.289 e. The lowest BCUT2D eigenvalue weighted by atomic mass is 10.2. The Kier molecular flexibility index (Phi) is 4.14. The van der Waals surface area contributed by atoms with Crippen LogP contribution in [0.1, 0.15) is 29.7 Å². The first-order valence-electron chi connectivity index (χ1n) is 5.25. The fraction of sp³-hybridized carbons (Fsp3) is 0.455. The van der Waals surface area contributed by atoms with Crippen molar-refractivity contribution in [3.8, 4) is 0 Å². The van der Waals surface area contributed by atoms with Crippen LogP contribution in [0.25, 0.3) is 0 Å². The van der Waals surface area contributed by atoms with Crippen molar-refractivity contribution in [2.24, 2.45) is 10.9 Å². The second kappa shape index (κ2) is 5.38. The maximum atomic E-state index is 12.0. The number of nitrogens with zero attached hydrogens (tertiary/aromatic N) is 2. The third-order valence-electron chi connectivity index (χ3n) is 2.57. The van der Waals surface area contributed by atoms with Crippen molar-refractivity contribution < 1.29 is 14.4 Å². The molecule has 0 saturated heterocycles. The Morgan fingerprint density at radius 2 is 2.29 bits per heavy atom. The van der Waals surface area contributed by atoms with Gasteiger partial charge in [0.2, 0.25) is 0 Å². The summed E-state index contributed by atoms with van der Waals surface area (Å²) in [6, 6.07) is 3.18. The molecule has 17 heavy (non-hydrogen) atoms. The summed E-state index contributed by atoms with van der Waals surface area (Å²) in [5.41, 5.74) is 5.39. The van der Waals surface area contributed by atoms with E-state index in [1.165, 1.54) is 4.90 Å². The van der Waals surface area contributed by atoms with Crippen molar-refractivity contribution in [3.63, 3.8) is 0 Å². The summed E-state index contributed by atoms with van der Waals surface area (Å²) in [5.74, 6) is 0.839. The topological polar surface area (TPSA) is 92.1 Å². The van der Waals surface area contributed by atoms with Gasteiger partial charge in [-0.05, 0) is 26.0 Å². The fourth-order valence-corrected chi connectivity index (χ4v) is 1.40. The summed E-state index contributed by atoms with van der Waals surface area (Å²) < 4.78 is 5.25. The lowest BCUT2D eigenvalue weighted by molar-refractivity contribution is 0.0713. The molecule has 1 unspecified atom stereocenters. The van der Waals surface area contributed by atoms with Crippen LogP contribution in [0.5, 0.6) is 0 Å². The number of furan rings is 1.